The van der Waals surface area contributed by atoms with Crippen molar-refractivity contribution in [3.05, 3.63) is 29.3 Å². The fourth-order valence-corrected chi connectivity index (χ4v) is 2.93. The summed E-state index contributed by atoms with van der Waals surface area (Å²) in [5, 5.41) is 10.1. The van der Waals surface area contributed by atoms with Gasteiger partial charge in [-0.25, -0.2) is 0 Å². The van der Waals surface area contributed by atoms with Crippen molar-refractivity contribution in [2.75, 3.05) is 13.1 Å². The summed E-state index contributed by atoms with van der Waals surface area (Å²) in [6, 6.07) is 5.25. The molecule has 0 aromatic heterocycles. The highest BCUT2D eigenvalue weighted by atomic mass is 16.5. The van der Waals surface area contributed by atoms with E-state index in [1.807, 2.05) is 27.7 Å². The number of carbonyl (C=O) groups is 1. The van der Waals surface area contributed by atoms with E-state index in [9.17, 15) is 9.90 Å². The average molecular weight is 277 g/mol. The molecule has 1 aromatic carbocycles. The third-order valence-corrected chi connectivity index (χ3v) is 3.45. The van der Waals surface area contributed by atoms with Gasteiger partial charge in [0, 0.05) is 13.1 Å². The van der Waals surface area contributed by atoms with Crippen LogP contribution >= 0.6 is 0 Å². The number of amides is 1. The van der Waals surface area contributed by atoms with Gasteiger partial charge in [-0.15, -0.1) is 0 Å². The van der Waals surface area contributed by atoms with Crippen LogP contribution in [0.4, 0.5) is 0 Å². The molecule has 4 nitrogen and oxygen atoms in total. The molecule has 0 spiro atoms. The number of rotatable bonds is 1. The first-order valence-electron chi connectivity index (χ1n) is 6.89. The van der Waals surface area contributed by atoms with Crippen LogP contribution in [-0.4, -0.2) is 40.2 Å². The Balaban J connectivity index is 2.31. The molecule has 1 aliphatic rings. The highest BCUT2D eigenvalue weighted by Gasteiger charge is 2.40. The molecule has 0 bridgehead atoms. The first-order valence-corrected chi connectivity index (χ1v) is 6.89. The standard InChI is InChI=1S/C16H23NO3/c1-11-7-6-8-12(13(11)18)14(19)17-9-15(2,3)20-16(4,5)10-17/h6-8,18H,9-10H2,1-5H3. The molecule has 1 aromatic rings. The molecule has 1 amide bonds. The van der Waals surface area contributed by atoms with Gasteiger partial charge >= 0.3 is 0 Å². The van der Waals surface area contributed by atoms with Crippen LogP contribution in [0.5, 0.6) is 5.75 Å². The van der Waals surface area contributed by atoms with E-state index in [0.29, 0.717) is 24.2 Å². The molecule has 1 N–H and O–H groups in total. The highest BCUT2D eigenvalue weighted by Crippen LogP contribution is 2.31. The van der Waals surface area contributed by atoms with Gasteiger partial charge in [0.05, 0.1) is 16.8 Å². The Labute approximate surface area is 120 Å². The Morgan fingerprint density at radius 1 is 1.20 bits per heavy atom. The zero-order valence-corrected chi connectivity index (χ0v) is 12.9. The molecule has 1 fully saturated rings. The first-order chi connectivity index (χ1) is 9.11. The van der Waals surface area contributed by atoms with Crippen LogP contribution in [0.15, 0.2) is 18.2 Å². The molecule has 4 heteroatoms. The normalized spacial score (nSPS) is 20.8. The lowest BCUT2D eigenvalue weighted by atomic mass is 9.97. The minimum Gasteiger partial charge on any atom is -0.507 e. The molecule has 0 radical (unpaired) electrons. The Kier molecular flexibility index (Phi) is 3.54. The Hall–Kier alpha value is -1.55. The number of ether oxygens (including phenoxy) is 1. The SMILES string of the molecule is Cc1cccc(C(=O)N2CC(C)(C)OC(C)(C)C2)c1O. The van der Waals surface area contributed by atoms with Crippen molar-refractivity contribution < 1.29 is 14.6 Å². The number of nitrogens with zero attached hydrogens (tertiary/aromatic N) is 1. The van der Waals surface area contributed by atoms with Gasteiger partial charge in [0.15, 0.2) is 0 Å². The van der Waals surface area contributed by atoms with Crippen molar-refractivity contribution in [3.63, 3.8) is 0 Å². The van der Waals surface area contributed by atoms with Gasteiger partial charge in [-0.05, 0) is 46.2 Å². The quantitative estimate of drug-likeness (QED) is 0.858. The highest BCUT2D eigenvalue weighted by molar-refractivity contribution is 5.97. The summed E-state index contributed by atoms with van der Waals surface area (Å²) >= 11 is 0. The van der Waals surface area contributed by atoms with Crippen LogP contribution in [0, 0.1) is 6.92 Å². The maximum Gasteiger partial charge on any atom is 0.257 e. The number of para-hydroxylation sites is 1. The van der Waals surface area contributed by atoms with E-state index in [2.05, 4.69) is 0 Å². The van der Waals surface area contributed by atoms with Gasteiger partial charge in [-0.3, -0.25) is 4.79 Å². The summed E-state index contributed by atoms with van der Waals surface area (Å²) in [6.45, 7) is 10.7. The number of aryl methyl sites for hydroxylation is 1. The lowest BCUT2D eigenvalue weighted by Crippen LogP contribution is -2.58. The molecular weight excluding hydrogens is 254 g/mol. The number of aromatic hydroxyl groups is 1. The molecule has 0 atom stereocenters. The zero-order chi connectivity index (χ0) is 15.1. The van der Waals surface area contributed by atoms with Crippen molar-refractivity contribution in [1.29, 1.82) is 0 Å². The Morgan fingerprint density at radius 2 is 1.75 bits per heavy atom. The van der Waals surface area contributed by atoms with Crippen LogP contribution in [0.1, 0.15) is 43.6 Å². The Bertz CT molecular complexity index is 519. The van der Waals surface area contributed by atoms with E-state index in [4.69, 9.17) is 4.74 Å². The molecular formula is C16H23NO3. The smallest absolute Gasteiger partial charge is 0.257 e. The maximum atomic E-state index is 12.7. The summed E-state index contributed by atoms with van der Waals surface area (Å²) in [7, 11) is 0. The fraction of sp³-hybridized carbons (Fsp3) is 0.562. The molecule has 1 heterocycles. The van der Waals surface area contributed by atoms with Gasteiger partial charge in [0.1, 0.15) is 5.75 Å². The van der Waals surface area contributed by atoms with Crippen molar-refractivity contribution in [2.45, 2.75) is 45.8 Å². The lowest BCUT2D eigenvalue weighted by molar-refractivity contribution is -0.171. The van der Waals surface area contributed by atoms with Gasteiger partial charge in [-0.2, -0.15) is 0 Å². The number of carbonyl (C=O) groups excluding carboxylic acids is 1. The fourth-order valence-electron chi connectivity index (χ4n) is 2.93. The summed E-state index contributed by atoms with van der Waals surface area (Å²) < 4.78 is 5.97. The molecule has 0 aliphatic carbocycles. The van der Waals surface area contributed by atoms with Crippen LogP contribution in [0.3, 0.4) is 0 Å². The first kappa shape index (κ1) is 14.9. The number of benzene rings is 1. The second-order valence-corrected chi connectivity index (χ2v) is 6.75. The maximum absolute atomic E-state index is 12.7. The third kappa shape index (κ3) is 2.96. The van der Waals surface area contributed by atoms with Gasteiger partial charge < -0.3 is 14.7 Å². The van der Waals surface area contributed by atoms with E-state index in [0.717, 1.165) is 0 Å². The zero-order valence-electron chi connectivity index (χ0n) is 12.9. The minimum absolute atomic E-state index is 0.0691. The van der Waals surface area contributed by atoms with Crippen molar-refractivity contribution in [3.8, 4) is 5.75 Å². The largest absolute Gasteiger partial charge is 0.507 e. The van der Waals surface area contributed by atoms with Gasteiger partial charge in [0.2, 0.25) is 0 Å². The molecule has 20 heavy (non-hydrogen) atoms. The lowest BCUT2D eigenvalue weighted by Gasteiger charge is -2.47. The molecule has 1 aliphatic heterocycles. The summed E-state index contributed by atoms with van der Waals surface area (Å²) in [5.41, 5.74) is 0.286. The molecule has 110 valence electrons. The van der Waals surface area contributed by atoms with Gasteiger partial charge in [-0.1, -0.05) is 12.1 Å². The second kappa shape index (κ2) is 4.77. The number of morpholine rings is 1. The number of hydrogen-bond donors (Lipinski definition) is 1. The van der Waals surface area contributed by atoms with E-state index in [-0.39, 0.29) is 11.7 Å². The molecule has 0 saturated carbocycles. The number of hydrogen-bond acceptors (Lipinski definition) is 3. The predicted molar refractivity (Wildman–Crippen MR) is 78.0 cm³/mol. The molecule has 0 unspecified atom stereocenters. The predicted octanol–water partition coefficient (Wildman–Crippen LogP) is 2.73. The van der Waals surface area contributed by atoms with E-state index in [1.54, 1.807) is 30.0 Å². The summed E-state index contributed by atoms with van der Waals surface area (Å²) in [4.78, 5) is 14.4. The van der Waals surface area contributed by atoms with Crippen LogP contribution < -0.4 is 0 Å². The van der Waals surface area contributed by atoms with Crippen LogP contribution in [0.2, 0.25) is 0 Å². The van der Waals surface area contributed by atoms with E-state index in [1.165, 1.54) is 0 Å². The topological polar surface area (TPSA) is 49.8 Å². The summed E-state index contributed by atoms with van der Waals surface area (Å²) in [6.07, 6.45) is 0. The monoisotopic (exact) mass is 277 g/mol. The second-order valence-electron chi connectivity index (χ2n) is 6.75. The number of phenolic OH excluding ortho intramolecular Hbond substituents is 1. The minimum atomic E-state index is -0.392. The van der Waals surface area contributed by atoms with E-state index >= 15 is 0 Å². The Morgan fingerprint density at radius 3 is 2.30 bits per heavy atom. The van der Waals surface area contributed by atoms with Crippen molar-refractivity contribution in [2.24, 2.45) is 0 Å². The number of phenols is 1. The van der Waals surface area contributed by atoms with Crippen molar-refractivity contribution >= 4 is 5.91 Å². The average Bonchev–Trinajstić information content (AvgIpc) is 2.28. The molecule has 1 saturated heterocycles. The summed E-state index contributed by atoms with van der Waals surface area (Å²) in [5.74, 6) is -0.0738. The third-order valence-electron chi connectivity index (χ3n) is 3.45. The van der Waals surface area contributed by atoms with Crippen molar-refractivity contribution in [1.82, 2.24) is 4.90 Å². The van der Waals surface area contributed by atoms with Crippen LogP contribution in [0.25, 0.3) is 0 Å². The molecule has 2 rings (SSSR count). The van der Waals surface area contributed by atoms with E-state index < -0.39 is 11.2 Å². The van der Waals surface area contributed by atoms with Crippen LogP contribution in [-0.2, 0) is 4.74 Å². The van der Waals surface area contributed by atoms with Gasteiger partial charge in [0.25, 0.3) is 5.91 Å².